The van der Waals surface area contributed by atoms with Crippen LogP contribution in [-0.2, 0) is 14.1 Å². The fourth-order valence-electron chi connectivity index (χ4n) is 2.02. The highest BCUT2D eigenvalue weighted by Crippen LogP contribution is 2.42. The first-order valence-electron chi connectivity index (χ1n) is 5.96. The highest BCUT2D eigenvalue weighted by atomic mass is 16.7. The smallest absolute Gasteiger partial charge is 0.403 e. The summed E-state index contributed by atoms with van der Waals surface area (Å²) in [7, 11) is -0.696. The van der Waals surface area contributed by atoms with Gasteiger partial charge in [-0.3, -0.25) is 4.79 Å². The van der Waals surface area contributed by atoms with E-state index in [1.54, 1.807) is 12.2 Å². The quantitative estimate of drug-likeness (QED) is 0.663. The zero-order valence-corrected chi connectivity index (χ0v) is 11.1. The standard InChI is InChI=1S/C13H16BNO3/c1-12(2)13(3,4)18-14(17-12)11-9(8-15)6-5-7-10(11)16/h5-7,11H,1-4H3. The van der Waals surface area contributed by atoms with Crippen LogP contribution >= 0.6 is 0 Å². The van der Waals surface area contributed by atoms with Crippen LogP contribution in [0.5, 0.6) is 0 Å². The maximum absolute atomic E-state index is 11.9. The summed E-state index contributed by atoms with van der Waals surface area (Å²) >= 11 is 0. The molecule has 0 saturated carbocycles. The van der Waals surface area contributed by atoms with Crippen LogP contribution in [0.1, 0.15) is 27.7 Å². The monoisotopic (exact) mass is 245 g/mol. The van der Waals surface area contributed by atoms with E-state index in [0.717, 1.165) is 0 Å². The molecule has 0 bridgehead atoms. The average molecular weight is 245 g/mol. The van der Waals surface area contributed by atoms with Crippen LogP contribution in [0.4, 0.5) is 0 Å². The van der Waals surface area contributed by atoms with Gasteiger partial charge >= 0.3 is 7.12 Å². The summed E-state index contributed by atoms with van der Waals surface area (Å²) < 4.78 is 11.7. The lowest BCUT2D eigenvalue weighted by molar-refractivity contribution is -0.114. The molecule has 0 spiro atoms. The first kappa shape index (κ1) is 13.1. The molecule has 0 aromatic rings. The van der Waals surface area contributed by atoms with E-state index in [0.29, 0.717) is 5.57 Å². The highest BCUT2D eigenvalue weighted by molar-refractivity contribution is 6.55. The van der Waals surface area contributed by atoms with Crippen molar-refractivity contribution in [2.24, 2.45) is 0 Å². The molecule has 1 aliphatic carbocycles. The topological polar surface area (TPSA) is 59.3 Å². The van der Waals surface area contributed by atoms with Gasteiger partial charge < -0.3 is 9.31 Å². The van der Waals surface area contributed by atoms with Gasteiger partial charge in [-0.05, 0) is 39.8 Å². The molecular formula is C13H16BNO3. The minimum absolute atomic E-state index is 0.146. The Labute approximate surface area is 107 Å². The third-order valence-electron chi connectivity index (χ3n) is 3.85. The van der Waals surface area contributed by atoms with E-state index >= 15 is 0 Å². The van der Waals surface area contributed by atoms with E-state index in [2.05, 4.69) is 0 Å². The van der Waals surface area contributed by atoms with Crippen LogP contribution in [0, 0.1) is 11.3 Å². The molecule has 0 aromatic heterocycles. The first-order chi connectivity index (χ1) is 8.28. The fourth-order valence-corrected chi connectivity index (χ4v) is 2.02. The summed E-state index contributed by atoms with van der Waals surface area (Å²) in [4.78, 5) is 11.9. The number of nitriles is 1. The normalized spacial score (nSPS) is 29.1. The summed E-state index contributed by atoms with van der Waals surface area (Å²) in [6, 6.07) is 2.05. The highest BCUT2D eigenvalue weighted by Gasteiger charge is 2.56. The first-order valence-corrected chi connectivity index (χ1v) is 5.96. The van der Waals surface area contributed by atoms with Crippen molar-refractivity contribution in [3.05, 3.63) is 23.8 Å². The average Bonchev–Trinajstić information content (AvgIpc) is 2.47. The third-order valence-corrected chi connectivity index (χ3v) is 3.85. The van der Waals surface area contributed by atoms with Gasteiger partial charge in [0.1, 0.15) is 0 Å². The van der Waals surface area contributed by atoms with Gasteiger partial charge in [-0.25, -0.2) is 0 Å². The second-order valence-electron chi connectivity index (χ2n) is 5.60. The Morgan fingerprint density at radius 2 is 1.83 bits per heavy atom. The lowest BCUT2D eigenvalue weighted by Gasteiger charge is -2.32. The van der Waals surface area contributed by atoms with Crippen LogP contribution in [0.3, 0.4) is 0 Å². The zero-order valence-electron chi connectivity index (χ0n) is 11.1. The molecular weight excluding hydrogens is 229 g/mol. The van der Waals surface area contributed by atoms with Crippen molar-refractivity contribution in [3.8, 4) is 6.07 Å². The lowest BCUT2D eigenvalue weighted by Crippen LogP contribution is -2.41. The summed E-state index contributed by atoms with van der Waals surface area (Å²) in [6.07, 6.45) is 4.68. The van der Waals surface area contributed by atoms with E-state index in [1.165, 1.54) is 6.08 Å². The van der Waals surface area contributed by atoms with Crippen molar-refractivity contribution in [1.29, 1.82) is 5.26 Å². The predicted molar refractivity (Wildman–Crippen MR) is 67.7 cm³/mol. The van der Waals surface area contributed by atoms with Gasteiger partial charge in [-0.2, -0.15) is 5.26 Å². The fraction of sp³-hybridized carbons (Fsp3) is 0.538. The van der Waals surface area contributed by atoms with E-state index in [4.69, 9.17) is 14.6 Å². The van der Waals surface area contributed by atoms with Crippen LogP contribution in [-0.4, -0.2) is 24.1 Å². The maximum Gasteiger partial charge on any atom is 0.474 e. The second-order valence-corrected chi connectivity index (χ2v) is 5.60. The number of allylic oxidation sites excluding steroid dienone is 4. The number of rotatable bonds is 1. The van der Waals surface area contributed by atoms with Gasteiger partial charge in [0.25, 0.3) is 0 Å². The number of carbonyl (C=O) groups excluding carboxylic acids is 1. The third kappa shape index (κ3) is 1.92. The van der Waals surface area contributed by atoms with Gasteiger partial charge in [0.15, 0.2) is 5.78 Å². The summed E-state index contributed by atoms with van der Waals surface area (Å²) in [5.41, 5.74) is -0.611. The Hall–Kier alpha value is -1.38. The molecule has 1 fully saturated rings. The number of ketones is 1. The number of nitrogens with zero attached hydrogens (tertiary/aromatic N) is 1. The number of carbonyl (C=O) groups is 1. The maximum atomic E-state index is 11.9. The Kier molecular flexibility index (Phi) is 2.96. The van der Waals surface area contributed by atoms with E-state index in [-0.39, 0.29) is 5.78 Å². The molecule has 1 unspecified atom stereocenters. The van der Waals surface area contributed by atoms with Gasteiger partial charge in [0, 0.05) is 5.57 Å². The van der Waals surface area contributed by atoms with Gasteiger partial charge in [0.05, 0.1) is 23.1 Å². The molecule has 1 atom stereocenters. The molecule has 94 valence electrons. The van der Waals surface area contributed by atoms with Crippen molar-refractivity contribution in [1.82, 2.24) is 0 Å². The minimum Gasteiger partial charge on any atom is -0.403 e. The molecule has 1 aliphatic heterocycles. The molecule has 2 rings (SSSR count). The van der Waals surface area contributed by atoms with Gasteiger partial charge in [-0.1, -0.05) is 6.08 Å². The van der Waals surface area contributed by atoms with E-state index < -0.39 is 24.1 Å². The Balaban J connectivity index is 2.30. The number of hydrogen-bond acceptors (Lipinski definition) is 4. The van der Waals surface area contributed by atoms with Crippen LogP contribution in [0.15, 0.2) is 23.8 Å². The van der Waals surface area contributed by atoms with Gasteiger partial charge in [-0.15, -0.1) is 0 Å². The predicted octanol–water partition coefficient (Wildman–Crippen LogP) is 2.04. The Morgan fingerprint density at radius 3 is 2.33 bits per heavy atom. The molecule has 2 aliphatic rings. The largest absolute Gasteiger partial charge is 0.474 e. The molecule has 0 amide bonds. The molecule has 5 heteroatoms. The van der Waals surface area contributed by atoms with Gasteiger partial charge in [0.2, 0.25) is 0 Å². The summed E-state index contributed by atoms with van der Waals surface area (Å²) in [5.74, 6) is -0.798. The van der Waals surface area contributed by atoms with Crippen molar-refractivity contribution in [3.63, 3.8) is 0 Å². The van der Waals surface area contributed by atoms with Crippen molar-refractivity contribution < 1.29 is 14.1 Å². The summed E-state index contributed by atoms with van der Waals surface area (Å²) in [5, 5.41) is 9.08. The lowest BCUT2D eigenvalue weighted by atomic mass is 9.64. The van der Waals surface area contributed by atoms with Crippen molar-refractivity contribution in [2.45, 2.75) is 44.7 Å². The van der Waals surface area contributed by atoms with Crippen LogP contribution in [0.2, 0.25) is 5.82 Å². The molecule has 1 heterocycles. The number of hydrogen-bond donors (Lipinski definition) is 0. The van der Waals surface area contributed by atoms with Crippen molar-refractivity contribution in [2.75, 3.05) is 0 Å². The molecule has 0 N–H and O–H groups in total. The zero-order chi connectivity index (χ0) is 13.6. The SMILES string of the molecule is CC1(C)OB(C2C(=O)C=CC=C2C#N)OC1(C)C. The molecule has 18 heavy (non-hydrogen) atoms. The van der Waals surface area contributed by atoms with Crippen LogP contribution < -0.4 is 0 Å². The van der Waals surface area contributed by atoms with Crippen molar-refractivity contribution >= 4 is 12.9 Å². The minimum atomic E-state index is -0.696. The molecule has 0 aromatic carbocycles. The van der Waals surface area contributed by atoms with E-state index in [1.807, 2.05) is 33.8 Å². The Morgan fingerprint density at radius 1 is 1.28 bits per heavy atom. The molecule has 0 radical (unpaired) electrons. The molecule has 4 nitrogen and oxygen atoms in total. The second kappa shape index (κ2) is 4.08. The summed E-state index contributed by atoms with van der Waals surface area (Å²) in [6.45, 7) is 7.69. The Bertz CT molecular complexity index is 469. The molecule has 1 saturated heterocycles. The van der Waals surface area contributed by atoms with Crippen LogP contribution in [0.25, 0.3) is 0 Å². The van der Waals surface area contributed by atoms with E-state index in [9.17, 15) is 4.79 Å².